The molecule has 106 valence electrons. The third-order valence-electron chi connectivity index (χ3n) is 4.13. The zero-order valence-corrected chi connectivity index (χ0v) is 12.2. The summed E-state index contributed by atoms with van der Waals surface area (Å²) < 4.78 is 0. The standard InChI is InChI=1S/C14H29N3O/c1-4-17(10-6-9-14(18)16(2)3)13-8-5-7-12(13)11-15/h12-13H,4-11,15H2,1-3H3. The molecule has 0 saturated heterocycles. The first-order chi connectivity index (χ1) is 8.60. The summed E-state index contributed by atoms with van der Waals surface area (Å²) >= 11 is 0. The number of rotatable bonds is 7. The molecule has 1 amide bonds. The van der Waals surface area contributed by atoms with Gasteiger partial charge in [-0.2, -0.15) is 0 Å². The molecule has 0 radical (unpaired) electrons. The second-order valence-corrected chi connectivity index (χ2v) is 5.51. The Morgan fingerprint density at radius 2 is 2.06 bits per heavy atom. The van der Waals surface area contributed by atoms with E-state index < -0.39 is 0 Å². The minimum absolute atomic E-state index is 0.229. The Morgan fingerprint density at radius 1 is 1.33 bits per heavy atom. The molecule has 0 bridgehead atoms. The van der Waals surface area contributed by atoms with Crippen molar-refractivity contribution in [3.8, 4) is 0 Å². The number of hydrogen-bond acceptors (Lipinski definition) is 3. The van der Waals surface area contributed by atoms with E-state index in [1.165, 1.54) is 19.3 Å². The van der Waals surface area contributed by atoms with Gasteiger partial charge in [-0.15, -0.1) is 0 Å². The summed E-state index contributed by atoms with van der Waals surface area (Å²) in [4.78, 5) is 15.7. The Balaban J connectivity index is 2.35. The molecule has 18 heavy (non-hydrogen) atoms. The van der Waals surface area contributed by atoms with E-state index in [0.29, 0.717) is 18.4 Å². The molecule has 2 atom stereocenters. The highest BCUT2D eigenvalue weighted by molar-refractivity contribution is 5.75. The molecule has 4 heteroatoms. The van der Waals surface area contributed by atoms with Crippen LogP contribution in [0.15, 0.2) is 0 Å². The molecule has 1 saturated carbocycles. The highest BCUT2D eigenvalue weighted by atomic mass is 16.2. The van der Waals surface area contributed by atoms with E-state index in [1.54, 1.807) is 4.90 Å². The fourth-order valence-electron chi connectivity index (χ4n) is 2.99. The smallest absolute Gasteiger partial charge is 0.222 e. The lowest BCUT2D eigenvalue weighted by Crippen LogP contribution is -2.41. The minimum atomic E-state index is 0.229. The van der Waals surface area contributed by atoms with Gasteiger partial charge in [0.05, 0.1) is 0 Å². The average molecular weight is 255 g/mol. The summed E-state index contributed by atoms with van der Waals surface area (Å²) in [7, 11) is 3.64. The predicted octanol–water partition coefficient (Wildman–Crippen LogP) is 1.30. The second kappa shape index (κ2) is 7.74. The van der Waals surface area contributed by atoms with Gasteiger partial charge >= 0.3 is 0 Å². The zero-order valence-electron chi connectivity index (χ0n) is 12.2. The van der Waals surface area contributed by atoms with Crippen molar-refractivity contribution in [2.45, 2.75) is 45.1 Å². The second-order valence-electron chi connectivity index (χ2n) is 5.51. The van der Waals surface area contributed by atoms with E-state index in [0.717, 1.165) is 26.1 Å². The summed E-state index contributed by atoms with van der Waals surface area (Å²) in [5.41, 5.74) is 5.85. The van der Waals surface area contributed by atoms with E-state index in [-0.39, 0.29) is 5.91 Å². The lowest BCUT2D eigenvalue weighted by Gasteiger charge is -2.31. The average Bonchev–Trinajstić information content (AvgIpc) is 2.82. The van der Waals surface area contributed by atoms with Gasteiger partial charge in [0, 0.05) is 26.6 Å². The highest BCUT2D eigenvalue weighted by Gasteiger charge is 2.30. The van der Waals surface area contributed by atoms with Crippen LogP contribution in [0.5, 0.6) is 0 Å². The quantitative estimate of drug-likeness (QED) is 0.746. The van der Waals surface area contributed by atoms with Crippen molar-refractivity contribution >= 4 is 5.91 Å². The molecule has 0 aromatic heterocycles. The first-order valence-electron chi connectivity index (χ1n) is 7.24. The third kappa shape index (κ3) is 4.25. The Labute approximate surface area is 111 Å². The van der Waals surface area contributed by atoms with Crippen LogP contribution >= 0.6 is 0 Å². The van der Waals surface area contributed by atoms with Crippen LogP contribution in [-0.4, -0.2) is 55.5 Å². The number of nitrogens with zero attached hydrogens (tertiary/aromatic N) is 2. The topological polar surface area (TPSA) is 49.6 Å². The number of hydrogen-bond donors (Lipinski definition) is 1. The minimum Gasteiger partial charge on any atom is -0.349 e. The molecule has 1 aliphatic rings. The van der Waals surface area contributed by atoms with Crippen LogP contribution in [0.4, 0.5) is 0 Å². The summed E-state index contributed by atoms with van der Waals surface area (Å²) in [5, 5.41) is 0. The molecule has 4 nitrogen and oxygen atoms in total. The van der Waals surface area contributed by atoms with Crippen LogP contribution in [0.2, 0.25) is 0 Å². The van der Waals surface area contributed by atoms with E-state index in [9.17, 15) is 4.79 Å². The van der Waals surface area contributed by atoms with Gasteiger partial charge in [-0.1, -0.05) is 13.3 Å². The molecule has 0 heterocycles. The lowest BCUT2D eigenvalue weighted by molar-refractivity contribution is -0.128. The molecular weight excluding hydrogens is 226 g/mol. The maximum atomic E-state index is 11.5. The van der Waals surface area contributed by atoms with Crippen molar-refractivity contribution in [1.82, 2.24) is 9.80 Å². The first kappa shape index (κ1) is 15.4. The number of carbonyl (C=O) groups excluding carboxylic acids is 1. The monoisotopic (exact) mass is 255 g/mol. The Morgan fingerprint density at radius 3 is 2.61 bits per heavy atom. The maximum Gasteiger partial charge on any atom is 0.222 e. The molecular formula is C14H29N3O. The third-order valence-corrected chi connectivity index (χ3v) is 4.13. The summed E-state index contributed by atoms with van der Waals surface area (Å²) in [6.07, 6.45) is 5.47. The van der Waals surface area contributed by atoms with E-state index in [2.05, 4.69) is 11.8 Å². The molecule has 2 unspecified atom stereocenters. The van der Waals surface area contributed by atoms with Gasteiger partial charge in [0.15, 0.2) is 0 Å². The van der Waals surface area contributed by atoms with Crippen molar-refractivity contribution in [1.29, 1.82) is 0 Å². The van der Waals surface area contributed by atoms with E-state index in [1.807, 2.05) is 14.1 Å². The van der Waals surface area contributed by atoms with Crippen molar-refractivity contribution < 1.29 is 4.79 Å². The number of carbonyl (C=O) groups is 1. The van der Waals surface area contributed by atoms with Crippen LogP contribution in [-0.2, 0) is 4.79 Å². The van der Waals surface area contributed by atoms with Gasteiger partial charge in [-0.25, -0.2) is 0 Å². The van der Waals surface area contributed by atoms with Crippen LogP contribution in [0.1, 0.15) is 39.0 Å². The van der Waals surface area contributed by atoms with Gasteiger partial charge in [0.2, 0.25) is 5.91 Å². The molecule has 0 aromatic carbocycles. The zero-order chi connectivity index (χ0) is 13.5. The van der Waals surface area contributed by atoms with Gasteiger partial charge in [-0.3, -0.25) is 4.79 Å². The van der Waals surface area contributed by atoms with E-state index in [4.69, 9.17) is 5.73 Å². The van der Waals surface area contributed by atoms with E-state index >= 15 is 0 Å². The molecule has 1 aliphatic carbocycles. The normalized spacial score (nSPS) is 23.6. The van der Waals surface area contributed by atoms with Crippen LogP contribution < -0.4 is 5.73 Å². The Bertz CT molecular complexity index is 255. The van der Waals surface area contributed by atoms with Gasteiger partial charge in [0.25, 0.3) is 0 Å². The fraction of sp³-hybridized carbons (Fsp3) is 0.929. The molecule has 0 aromatic rings. The van der Waals surface area contributed by atoms with Crippen molar-refractivity contribution in [2.75, 3.05) is 33.7 Å². The summed E-state index contributed by atoms with van der Waals surface area (Å²) in [6, 6.07) is 0.648. The maximum absolute atomic E-state index is 11.5. The predicted molar refractivity (Wildman–Crippen MR) is 75.4 cm³/mol. The Hall–Kier alpha value is -0.610. The van der Waals surface area contributed by atoms with Crippen LogP contribution in [0.3, 0.4) is 0 Å². The lowest BCUT2D eigenvalue weighted by atomic mass is 10.0. The van der Waals surface area contributed by atoms with Crippen LogP contribution in [0.25, 0.3) is 0 Å². The fourth-order valence-corrected chi connectivity index (χ4v) is 2.99. The van der Waals surface area contributed by atoms with Gasteiger partial charge in [0.1, 0.15) is 0 Å². The molecule has 1 fully saturated rings. The SMILES string of the molecule is CCN(CCCC(=O)N(C)C)C1CCCC1CN. The number of nitrogens with two attached hydrogens (primary N) is 1. The number of amides is 1. The largest absolute Gasteiger partial charge is 0.349 e. The summed E-state index contributed by atoms with van der Waals surface area (Å²) in [6.45, 7) is 5.10. The molecule has 2 N–H and O–H groups in total. The van der Waals surface area contributed by atoms with Gasteiger partial charge in [-0.05, 0) is 44.8 Å². The first-order valence-corrected chi connectivity index (χ1v) is 7.24. The van der Waals surface area contributed by atoms with Crippen molar-refractivity contribution in [3.63, 3.8) is 0 Å². The molecule has 1 rings (SSSR count). The molecule has 0 aliphatic heterocycles. The summed E-state index contributed by atoms with van der Waals surface area (Å²) in [5.74, 6) is 0.891. The Kier molecular flexibility index (Phi) is 6.65. The van der Waals surface area contributed by atoms with Crippen molar-refractivity contribution in [2.24, 2.45) is 11.7 Å². The van der Waals surface area contributed by atoms with Gasteiger partial charge < -0.3 is 15.5 Å². The molecule has 0 spiro atoms. The van der Waals surface area contributed by atoms with Crippen LogP contribution in [0, 0.1) is 5.92 Å². The highest BCUT2D eigenvalue weighted by Crippen LogP contribution is 2.29. The van der Waals surface area contributed by atoms with Crippen molar-refractivity contribution in [3.05, 3.63) is 0 Å².